The van der Waals surface area contributed by atoms with Crippen molar-refractivity contribution in [2.24, 2.45) is 0 Å². The van der Waals surface area contributed by atoms with Gasteiger partial charge in [-0.1, -0.05) is 0 Å². The highest BCUT2D eigenvalue weighted by atomic mass is 19.2. The summed E-state index contributed by atoms with van der Waals surface area (Å²) in [5.74, 6) is -4.10. The zero-order chi connectivity index (χ0) is 14.0. The summed E-state index contributed by atoms with van der Waals surface area (Å²) in [5.41, 5.74) is 6.60. The van der Waals surface area contributed by atoms with E-state index in [4.69, 9.17) is 11.0 Å². The van der Waals surface area contributed by atoms with E-state index < -0.39 is 17.5 Å². The maximum Gasteiger partial charge on any atom is 0.194 e. The molecule has 2 rings (SSSR count). The van der Waals surface area contributed by atoms with E-state index in [0.29, 0.717) is 11.3 Å². The molecule has 96 valence electrons. The average molecular weight is 263 g/mol. The SMILES string of the molecule is N#Cc1ccc(Nc2cc(F)c(F)c(F)c2)cc1N. The second-order valence-electron chi connectivity index (χ2n) is 3.79. The van der Waals surface area contributed by atoms with Gasteiger partial charge in [0.15, 0.2) is 17.5 Å². The molecule has 19 heavy (non-hydrogen) atoms. The fourth-order valence-electron chi connectivity index (χ4n) is 1.54. The molecule has 0 aliphatic rings. The van der Waals surface area contributed by atoms with E-state index in [0.717, 1.165) is 12.1 Å². The van der Waals surface area contributed by atoms with Gasteiger partial charge in [-0.15, -0.1) is 0 Å². The minimum Gasteiger partial charge on any atom is -0.398 e. The lowest BCUT2D eigenvalue weighted by atomic mass is 10.1. The molecule has 0 saturated heterocycles. The van der Waals surface area contributed by atoms with Crippen LogP contribution < -0.4 is 11.1 Å². The van der Waals surface area contributed by atoms with Crippen molar-refractivity contribution in [2.45, 2.75) is 0 Å². The molecule has 0 aromatic heterocycles. The second kappa shape index (κ2) is 4.90. The number of nitrogen functional groups attached to an aromatic ring is 1. The summed E-state index contributed by atoms with van der Waals surface area (Å²) in [4.78, 5) is 0. The van der Waals surface area contributed by atoms with Crippen LogP contribution in [0.3, 0.4) is 0 Å². The third-order valence-corrected chi connectivity index (χ3v) is 2.44. The van der Waals surface area contributed by atoms with E-state index in [9.17, 15) is 13.2 Å². The van der Waals surface area contributed by atoms with Crippen LogP contribution in [0.15, 0.2) is 30.3 Å². The molecule has 0 amide bonds. The molecule has 3 N–H and O–H groups in total. The fourth-order valence-corrected chi connectivity index (χ4v) is 1.54. The van der Waals surface area contributed by atoms with Crippen molar-refractivity contribution >= 4 is 17.1 Å². The molecule has 0 bridgehead atoms. The van der Waals surface area contributed by atoms with Gasteiger partial charge in [-0.25, -0.2) is 13.2 Å². The van der Waals surface area contributed by atoms with Gasteiger partial charge in [-0.05, 0) is 18.2 Å². The first-order valence-electron chi connectivity index (χ1n) is 5.22. The van der Waals surface area contributed by atoms with Crippen molar-refractivity contribution in [1.82, 2.24) is 0 Å². The van der Waals surface area contributed by atoms with Crippen LogP contribution in [0.25, 0.3) is 0 Å². The van der Waals surface area contributed by atoms with E-state index in [1.807, 2.05) is 6.07 Å². The summed E-state index contributed by atoms with van der Waals surface area (Å²) in [6.07, 6.45) is 0. The molecule has 0 radical (unpaired) electrons. The topological polar surface area (TPSA) is 61.8 Å². The van der Waals surface area contributed by atoms with Crippen molar-refractivity contribution in [2.75, 3.05) is 11.1 Å². The van der Waals surface area contributed by atoms with E-state index in [1.54, 1.807) is 0 Å². The summed E-state index contributed by atoms with van der Waals surface area (Å²) in [5, 5.41) is 11.4. The summed E-state index contributed by atoms with van der Waals surface area (Å²) in [6, 6.07) is 7.97. The lowest BCUT2D eigenvalue weighted by Gasteiger charge is -2.08. The lowest BCUT2D eigenvalue weighted by Crippen LogP contribution is -1.98. The van der Waals surface area contributed by atoms with Crippen LogP contribution >= 0.6 is 0 Å². The molecule has 0 saturated carbocycles. The van der Waals surface area contributed by atoms with Gasteiger partial charge in [0.2, 0.25) is 0 Å². The molecular weight excluding hydrogens is 255 g/mol. The Bertz CT molecular complexity index is 654. The molecule has 2 aromatic rings. The Hall–Kier alpha value is -2.68. The van der Waals surface area contributed by atoms with Crippen LogP contribution in [0.2, 0.25) is 0 Å². The smallest absolute Gasteiger partial charge is 0.194 e. The number of nitrogens with one attached hydrogen (secondary N) is 1. The first-order chi connectivity index (χ1) is 9.01. The number of hydrogen-bond acceptors (Lipinski definition) is 3. The highest BCUT2D eigenvalue weighted by molar-refractivity contribution is 5.67. The number of hydrogen-bond donors (Lipinski definition) is 2. The second-order valence-corrected chi connectivity index (χ2v) is 3.79. The van der Waals surface area contributed by atoms with Crippen molar-refractivity contribution in [1.29, 1.82) is 5.26 Å². The Balaban J connectivity index is 2.32. The van der Waals surface area contributed by atoms with Crippen LogP contribution in [0.1, 0.15) is 5.56 Å². The Kier molecular flexibility index (Phi) is 3.29. The van der Waals surface area contributed by atoms with Crippen molar-refractivity contribution < 1.29 is 13.2 Å². The maximum atomic E-state index is 13.0. The maximum absolute atomic E-state index is 13.0. The molecule has 0 atom stereocenters. The highest BCUT2D eigenvalue weighted by Crippen LogP contribution is 2.24. The van der Waals surface area contributed by atoms with Gasteiger partial charge in [0.05, 0.1) is 11.3 Å². The van der Waals surface area contributed by atoms with Gasteiger partial charge >= 0.3 is 0 Å². The quantitative estimate of drug-likeness (QED) is 0.645. The van der Waals surface area contributed by atoms with E-state index in [1.165, 1.54) is 18.2 Å². The van der Waals surface area contributed by atoms with E-state index >= 15 is 0 Å². The largest absolute Gasteiger partial charge is 0.398 e. The van der Waals surface area contributed by atoms with E-state index in [2.05, 4.69) is 5.32 Å². The Morgan fingerprint density at radius 2 is 1.63 bits per heavy atom. The van der Waals surface area contributed by atoms with Crippen molar-refractivity contribution in [3.05, 3.63) is 53.3 Å². The number of anilines is 3. The molecule has 6 heteroatoms. The fraction of sp³-hybridized carbons (Fsp3) is 0. The minimum atomic E-state index is -1.52. The molecular formula is C13H8F3N3. The van der Waals surface area contributed by atoms with Crippen molar-refractivity contribution in [3.63, 3.8) is 0 Å². The number of nitrogens with two attached hydrogens (primary N) is 1. The normalized spacial score (nSPS) is 10.0. The Morgan fingerprint density at radius 1 is 1.00 bits per heavy atom. The minimum absolute atomic E-state index is 0.0421. The van der Waals surface area contributed by atoms with Gasteiger partial charge in [0.1, 0.15) is 6.07 Å². The van der Waals surface area contributed by atoms with Gasteiger partial charge in [-0.2, -0.15) is 5.26 Å². The molecule has 3 nitrogen and oxygen atoms in total. The number of nitrogens with zero attached hydrogens (tertiary/aromatic N) is 1. The van der Waals surface area contributed by atoms with E-state index in [-0.39, 0.29) is 11.4 Å². The Labute approximate surface area is 107 Å². The van der Waals surface area contributed by atoms with Crippen LogP contribution in [0, 0.1) is 28.8 Å². The monoisotopic (exact) mass is 263 g/mol. The first kappa shape index (κ1) is 12.8. The molecule has 0 heterocycles. The molecule has 0 aliphatic heterocycles. The van der Waals surface area contributed by atoms with Crippen molar-refractivity contribution in [3.8, 4) is 6.07 Å². The average Bonchev–Trinajstić information content (AvgIpc) is 2.36. The first-order valence-corrected chi connectivity index (χ1v) is 5.22. The summed E-state index contributed by atoms with van der Waals surface area (Å²) in [7, 11) is 0. The predicted molar refractivity (Wildman–Crippen MR) is 65.2 cm³/mol. The van der Waals surface area contributed by atoms with Crippen LogP contribution in [0.4, 0.5) is 30.2 Å². The number of halogens is 3. The molecule has 2 aromatic carbocycles. The standard InChI is InChI=1S/C13H8F3N3/c14-10-3-9(4-11(15)13(10)16)19-8-2-1-7(6-17)12(18)5-8/h1-5,19H,18H2. The number of nitriles is 1. The predicted octanol–water partition coefficient (Wildman–Crippen LogP) is 3.30. The van der Waals surface area contributed by atoms with Gasteiger partial charge < -0.3 is 11.1 Å². The van der Waals surface area contributed by atoms with Crippen LogP contribution in [-0.4, -0.2) is 0 Å². The number of benzene rings is 2. The zero-order valence-corrected chi connectivity index (χ0v) is 9.55. The van der Waals surface area contributed by atoms with Gasteiger partial charge in [0, 0.05) is 23.5 Å². The van der Waals surface area contributed by atoms with Gasteiger partial charge in [0.25, 0.3) is 0 Å². The summed E-state index contributed by atoms with van der Waals surface area (Å²) >= 11 is 0. The lowest BCUT2D eigenvalue weighted by molar-refractivity contribution is 0.448. The third kappa shape index (κ3) is 2.60. The van der Waals surface area contributed by atoms with Crippen LogP contribution in [0.5, 0.6) is 0 Å². The molecule has 0 aliphatic carbocycles. The summed E-state index contributed by atoms with van der Waals surface area (Å²) in [6.45, 7) is 0. The third-order valence-electron chi connectivity index (χ3n) is 2.44. The van der Waals surface area contributed by atoms with Gasteiger partial charge in [-0.3, -0.25) is 0 Å². The zero-order valence-electron chi connectivity index (χ0n) is 9.55. The highest BCUT2D eigenvalue weighted by Gasteiger charge is 2.10. The van der Waals surface area contributed by atoms with Crippen LogP contribution in [-0.2, 0) is 0 Å². The summed E-state index contributed by atoms with van der Waals surface area (Å²) < 4.78 is 38.8. The number of rotatable bonds is 2. The molecule has 0 unspecified atom stereocenters. The molecule has 0 spiro atoms. The molecule has 0 fully saturated rings. The Morgan fingerprint density at radius 3 is 2.16 bits per heavy atom.